The van der Waals surface area contributed by atoms with Crippen LogP contribution in [0.4, 0.5) is 0 Å². The first-order chi connectivity index (χ1) is 12.0. The van der Waals surface area contributed by atoms with Crippen molar-refractivity contribution in [3.8, 4) is 0 Å². The molecule has 0 saturated heterocycles. The maximum absolute atomic E-state index is 5.94. The number of aromatic amines is 1. The van der Waals surface area contributed by atoms with E-state index in [4.69, 9.17) is 5.73 Å². The normalized spacial score (nSPS) is 12.0. The molecule has 0 spiro atoms. The molecule has 0 amide bonds. The molecule has 2 rings (SSSR count). The van der Waals surface area contributed by atoms with Crippen LogP contribution in [0.1, 0.15) is 24.1 Å². The molecule has 1 aromatic carbocycles. The largest absolute Gasteiger partial charge is 0.391 e. The van der Waals surface area contributed by atoms with Gasteiger partial charge in [0.2, 0.25) is 0 Å². The van der Waals surface area contributed by atoms with Crippen molar-refractivity contribution >= 4 is 10.9 Å². The van der Waals surface area contributed by atoms with Gasteiger partial charge in [-0.05, 0) is 49.6 Å². The summed E-state index contributed by atoms with van der Waals surface area (Å²) in [6, 6.07) is 8.89. The summed E-state index contributed by atoms with van der Waals surface area (Å²) in [4.78, 5) is 5.58. The highest BCUT2D eigenvalue weighted by Gasteiger charge is 2.14. The van der Waals surface area contributed by atoms with Gasteiger partial charge in [-0.2, -0.15) is 0 Å². The number of nitrogens with two attached hydrogens (primary N) is 1. The van der Waals surface area contributed by atoms with Crippen molar-refractivity contribution in [1.29, 1.82) is 0 Å². The Hall–Kier alpha value is -2.40. The topological polar surface area (TPSA) is 69.1 Å². The van der Waals surface area contributed by atoms with Crippen LogP contribution in [0.5, 0.6) is 0 Å². The molecule has 0 fully saturated rings. The summed E-state index contributed by atoms with van der Waals surface area (Å²) in [6.07, 6.45) is 3.79. The Labute approximate surface area is 151 Å². The Balaban J connectivity index is 1.87. The van der Waals surface area contributed by atoms with Gasteiger partial charge in [0.25, 0.3) is 0 Å². The van der Waals surface area contributed by atoms with Gasteiger partial charge in [-0.25, -0.2) is 0 Å². The number of aryl methyl sites for hydroxylation is 1. The highest BCUT2D eigenvalue weighted by atomic mass is 15.2. The number of nitrogens with zero attached hydrogens (tertiary/aromatic N) is 1. The Morgan fingerprint density at radius 3 is 2.92 bits per heavy atom. The summed E-state index contributed by atoms with van der Waals surface area (Å²) in [5, 5.41) is 7.77. The number of fused-ring (bicyclic) bond motifs is 1. The molecule has 1 heterocycles. The van der Waals surface area contributed by atoms with Crippen LogP contribution in [0, 0.1) is 6.92 Å². The van der Waals surface area contributed by atoms with E-state index in [1.165, 1.54) is 10.9 Å². The summed E-state index contributed by atoms with van der Waals surface area (Å²) in [7, 11) is 2.04. The lowest BCUT2D eigenvalue weighted by Gasteiger charge is -2.31. The summed E-state index contributed by atoms with van der Waals surface area (Å²) in [5.41, 5.74) is 9.52. The Morgan fingerprint density at radius 1 is 1.40 bits per heavy atom. The molecule has 0 aliphatic rings. The number of benzene rings is 1. The van der Waals surface area contributed by atoms with Crippen molar-refractivity contribution in [2.45, 2.75) is 32.4 Å². The lowest BCUT2D eigenvalue weighted by atomic mass is 10.1. The zero-order valence-corrected chi connectivity index (χ0v) is 15.4. The third-order valence-electron chi connectivity index (χ3n) is 4.56. The maximum Gasteiger partial charge on any atom is 0.0942 e. The number of aromatic nitrogens is 1. The van der Waals surface area contributed by atoms with Crippen LogP contribution in [0.2, 0.25) is 0 Å². The van der Waals surface area contributed by atoms with Crippen LogP contribution < -0.4 is 16.4 Å². The second-order valence-corrected chi connectivity index (χ2v) is 6.49. The molecule has 1 atom stereocenters. The van der Waals surface area contributed by atoms with Crippen molar-refractivity contribution in [1.82, 2.24) is 20.5 Å². The van der Waals surface area contributed by atoms with E-state index in [0.717, 1.165) is 36.4 Å². The molecule has 25 heavy (non-hydrogen) atoms. The highest BCUT2D eigenvalue weighted by molar-refractivity contribution is 5.81. The first-order valence-electron chi connectivity index (χ1n) is 8.83. The number of rotatable bonds is 11. The molecule has 0 aliphatic heterocycles. The quantitative estimate of drug-likeness (QED) is 0.475. The molecule has 5 N–H and O–H groups in total. The molecule has 1 aromatic heterocycles. The van der Waals surface area contributed by atoms with Crippen molar-refractivity contribution in [2.75, 3.05) is 20.1 Å². The summed E-state index contributed by atoms with van der Waals surface area (Å²) in [6.45, 7) is 12.2. The first kappa shape index (κ1) is 18.9. The van der Waals surface area contributed by atoms with Crippen molar-refractivity contribution in [2.24, 2.45) is 5.73 Å². The second kappa shape index (κ2) is 9.18. The number of hydrogen-bond acceptors (Lipinski definition) is 4. The smallest absolute Gasteiger partial charge is 0.0942 e. The fourth-order valence-corrected chi connectivity index (χ4v) is 2.96. The van der Waals surface area contributed by atoms with Gasteiger partial charge >= 0.3 is 0 Å². The second-order valence-electron chi connectivity index (χ2n) is 6.49. The summed E-state index contributed by atoms with van der Waals surface area (Å²) >= 11 is 0. The van der Waals surface area contributed by atoms with Crippen LogP contribution in [-0.2, 0) is 6.54 Å². The minimum Gasteiger partial charge on any atom is -0.391 e. The minimum atomic E-state index is 0.275. The molecule has 0 bridgehead atoms. The lowest BCUT2D eigenvalue weighted by Crippen LogP contribution is -2.41. The SMILES string of the molecule is C=CNCCCC(CN)N(C)C(=C)NCc1cc2cc(C)ccc2[nH]1. The Morgan fingerprint density at radius 2 is 2.20 bits per heavy atom. The molecule has 5 nitrogen and oxygen atoms in total. The standard InChI is InChI=1S/C20H31N5/c1-5-22-10-6-7-19(13-21)25(4)16(3)23-14-18-12-17-11-15(2)8-9-20(17)24-18/h5,8-9,11-12,19,22-24H,1,3,6-7,10,13-14,21H2,2,4H3. The van der Waals surface area contributed by atoms with Gasteiger partial charge in [-0.1, -0.05) is 24.8 Å². The molecule has 0 radical (unpaired) electrons. The number of H-pyrrole nitrogens is 1. The van der Waals surface area contributed by atoms with Crippen molar-refractivity contribution in [3.05, 3.63) is 60.7 Å². The highest BCUT2D eigenvalue weighted by Crippen LogP contribution is 2.17. The van der Waals surface area contributed by atoms with Gasteiger partial charge in [0, 0.05) is 37.4 Å². The van der Waals surface area contributed by atoms with Crippen molar-refractivity contribution in [3.63, 3.8) is 0 Å². The van der Waals surface area contributed by atoms with Gasteiger partial charge < -0.3 is 26.3 Å². The third kappa shape index (κ3) is 5.29. The van der Waals surface area contributed by atoms with E-state index in [2.05, 4.69) is 64.9 Å². The van der Waals surface area contributed by atoms with Crippen molar-refractivity contribution < 1.29 is 0 Å². The fourth-order valence-electron chi connectivity index (χ4n) is 2.96. The first-order valence-corrected chi connectivity index (χ1v) is 8.83. The van der Waals surface area contributed by atoms with Crippen LogP contribution in [0.3, 0.4) is 0 Å². The van der Waals surface area contributed by atoms with Crippen LogP contribution >= 0.6 is 0 Å². The monoisotopic (exact) mass is 341 g/mol. The maximum atomic E-state index is 5.94. The van der Waals surface area contributed by atoms with E-state index in [0.29, 0.717) is 13.1 Å². The molecular weight excluding hydrogens is 310 g/mol. The summed E-state index contributed by atoms with van der Waals surface area (Å²) < 4.78 is 0. The van der Waals surface area contributed by atoms with E-state index in [-0.39, 0.29) is 6.04 Å². The third-order valence-corrected chi connectivity index (χ3v) is 4.56. The molecule has 0 aliphatic carbocycles. The average Bonchev–Trinajstić information content (AvgIpc) is 3.01. The average molecular weight is 342 g/mol. The Kier molecular flexibility index (Phi) is 6.95. The van der Waals surface area contributed by atoms with Gasteiger partial charge in [0.05, 0.1) is 12.4 Å². The van der Waals surface area contributed by atoms with Gasteiger partial charge in [0.15, 0.2) is 0 Å². The van der Waals surface area contributed by atoms with Gasteiger partial charge in [0.1, 0.15) is 0 Å². The lowest BCUT2D eigenvalue weighted by molar-refractivity contribution is 0.271. The molecular formula is C20H31N5. The summed E-state index contributed by atoms with van der Waals surface area (Å²) in [5.74, 6) is 0.891. The molecule has 136 valence electrons. The predicted molar refractivity (Wildman–Crippen MR) is 107 cm³/mol. The van der Waals surface area contributed by atoms with Gasteiger partial charge in [-0.15, -0.1) is 0 Å². The van der Waals surface area contributed by atoms with E-state index in [1.54, 1.807) is 6.20 Å². The Bertz CT molecular complexity index is 703. The predicted octanol–water partition coefficient (Wildman–Crippen LogP) is 2.81. The van der Waals surface area contributed by atoms with E-state index in [1.807, 2.05) is 7.05 Å². The van der Waals surface area contributed by atoms with Crippen LogP contribution in [0.25, 0.3) is 10.9 Å². The number of likely N-dealkylation sites (N-methyl/N-ethyl adjacent to an activating group) is 1. The van der Waals surface area contributed by atoms with Gasteiger partial charge in [-0.3, -0.25) is 0 Å². The fraction of sp³-hybridized carbons (Fsp3) is 0.400. The van der Waals surface area contributed by atoms with Crippen LogP contribution in [0.15, 0.2) is 49.4 Å². The van der Waals surface area contributed by atoms with E-state index >= 15 is 0 Å². The molecule has 5 heteroatoms. The number of hydrogen-bond donors (Lipinski definition) is 4. The molecule has 1 unspecified atom stereocenters. The zero-order valence-electron chi connectivity index (χ0n) is 15.4. The molecule has 0 saturated carbocycles. The molecule has 2 aromatic rings. The van der Waals surface area contributed by atoms with Crippen LogP contribution in [-0.4, -0.2) is 36.1 Å². The zero-order chi connectivity index (χ0) is 18.2. The van der Waals surface area contributed by atoms with E-state index < -0.39 is 0 Å². The number of nitrogens with one attached hydrogen (secondary N) is 3. The minimum absolute atomic E-state index is 0.275. The van der Waals surface area contributed by atoms with E-state index in [9.17, 15) is 0 Å².